The van der Waals surface area contributed by atoms with Crippen LogP contribution in [0.3, 0.4) is 0 Å². The highest BCUT2D eigenvalue weighted by Crippen LogP contribution is 2.51. The van der Waals surface area contributed by atoms with Crippen LogP contribution in [-0.4, -0.2) is 22.9 Å². The molecule has 2 aliphatic carbocycles. The Labute approximate surface area is 98.4 Å². The maximum absolute atomic E-state index is 10.9. The van der Waals surface area contributed by atoms with Crippen molar-refractivity contribution in [3.8, 4) is 0 Å². The Morgan fingerprint density at radius 1 is 1.12 bits per heavy atom. The number of aliphatic hydroxyl groups is 1. The quantitative estimate of drug-likeness (QED) is 0.742. The van der Waals surface area contributed by atoms with Crippen molar-refractivity contribution >= 4 is 0 Å². The third-order valence-corrected chi connectivity index (χ3v) is 5.53. The number of rotatable bonds is 1. The summed E-state index contributed by atoms with van der Waals surface area (Å²) >= 11 is 0. The van der Waals surface area contributed by atoms with E-state index in [1.807, 2.05) is 0 Å². The van der Waals surface area contributed by atoms with Gasteiger partial charge in [0.25, 0.3) is 0 Å². The van der Waals surface area contributed by atoms with E-state index < -0.39 is 0 Å². The summed E-state index contributed by atoms with van der Waals surface area (Å²) in [5, 5.41) is 10.9. The molecule has 0 aromatic carbocycles. The van der Waals surface area contributed by atoms with Crippen LogP contribution in [0, 0.1) is 11.8 Å². The van der Waals surface area contributed by atoms with Gasteiger partial charge in [0, 0.05) is 6.61 Å². The van der Waals surface area contributed by atoms with Crippen molar-refractivity contribution in [3.63, 3.8) is 0 Å². The third-order valence-electron chi connectivity index (χ3n) is 5.53. The second-order valence-electron chi connectivity index (χ2n) is 6.36. The number of hydrogen-bond donors (Lipinski definition) is 1. The molecule has 2 saturated carbocycles. The minimum Gasteiger partial charge on any atom is -0.389 e. The molecule has 1 aliphatic heterocycles. The van der Waals surface area contributed by atoms with Crippen molar-refractivity contribution in [2.45, 2.75) is 69.5 Å². The molecule has 3 fully saturated rings. The van der Waals surface area contributed by atoms with Crippen molar-refractivity contribution in [3.05, 3.63) is 0 Å². The van der Waals surface area contributed by atoms with Gasteiger partial charge in [0.15, 0.2) is 0 Å². The van der Waals surface area contributed by atoms with E-state index in [4.69, 9.17) is 4.74 Å². The summed E-state index contributed by atoms with van der Waals surface area (Å²) in [6.07, 6.45) is 9.41. The van der Waals surface area contributed by atoms with E-state index in [0.29, 0.717) is 11.8 Å². The predicted octanol–water partition coefficient (Wildman–Crippen LogP) is 2.89. The Hall–Kier alpha value is -0.0800. The van der Waals surface area contributed by atoms with Crippen LogP contribution in [-0.2, 0) is 4.74 Å². The molecule has 0 amide bonds. The van der Waals surface area contributed by atoms with Crippen LogP contribution in [0.2, 0.25) is 0 Å². The lowest BCUT2D eigenvalue weighted by Crippen LogP contribution is -2.52. The minimum atomic E-state index is -0.369. The molecular formula is C14H24O2. The fourth-order valence-electron chi connectivity index (χ4n) is 4.17. The Balaban J connectivity index is 1.74. The highest BCUT2D eigenvalue weighted by atomic mass is 16.5. The first kappa shape index (κ1) is 11.0. The van der Waals surface area contributed by atoms with Gasteiger partial charge in [-0.25, -0.2) is 0 Å². The molecule has 0 aromatic rings. The van der Waals surface area contributed by atoms with Crippen LogP contribution >= 0.6 is 0 Å². The average molecular weight is 224 g/mol. The first-order valence-corrected chi connectivity index (χ1v) is 7.01. The molecule has 3 rings (SSSR count). The van der Waals surface area contributed by atoms with Crippen LogP contribution in [0.15, 0.2) is 0 Å². The highest BCUT2D eigenvalue weighted by Gasteiger charge is 2.51. The van der Waals surface area contributed by atoms with E-state index in [0.717, 1.165) is 25.9 Å². The molecule has 0 aromatic heterocycles. The van der Waals surface area contributed by atoms with Gasteiger partial charge in [-0.05, 0) is 56.8 Å². The Kier molecular flexibility index (Phi) is 2.56. The van der Waals surface area contributed by atoms with Crippen molar-refractivity contribution < 1.29 is 9.84 Å². The summed E-state index contributed by atoms with van der Waals surface area (Å²) < 4.78 is 5.96. The zero-order valence-electron chi connectivity index (χ0n) is 10.4. The topological polar surface area (TPSA) is 29.5 Å². The molecule has 92 valence electrons. The first-order valence-electron chi connectivity index (χ1n) is 7.01. The van der Waals surface area contributed by atoms with Crippen molar-refractivity contribution in [2.24, 2.45) is 11.8 Å². The molecule has 3 atom stereocenters. The van der Waals surface area contributed by atoms with Crippen molar-refractivity contribution in [1.29, 1.82) is 0 Å². The van der Waals surface area contributed by atoms with Crippen molar-refractivity contribution in [2.75, 3.05) is 6.61 Å². The van der Waals surface area contributed by atoms with Gasteiger partial charge in [0.2, 0.25) is 0 Å². The summed E-state index contributed by atoms with van der Waals surface area (Å²) in [5.74, 6) is 0.992. The van der Waals surface area contributed by atoms with E-state index in [2.05, 4.69) is 6.92 Å². The molecule has 1 heterocycles. The monoisotopic (exact) mass is 224 g/mol. The van der Waals surface area contributed by atoms with E-state index in [1.165, 1.54) is 32.1 Å². The summed E-state index contributed by atoms with van der Waals surface area (Å²) in [7, 11) is 0. The lowest BCUT2D eigenvalue weighted by atomic mass is 9.66. The van der Waals surface area contributed by atoms with E-state index in [9.17, 15) is 5.11 Å². The SMILES string of the molecule is CC1CCCC1(O)C1CCOC2(CCC2)C1. The van der Waals surface area contributed by atoms with Gasteiger partial charge in [0.05, 0.1) is 11.2 Å². The Morgan fingerprint density at radius 2 is 1.94 bits per heavy atom. The summed E-state index contributed by atoms with van der Waals surface area (Å²) in [4.78, 5) is 0. The zero-order valence-corrected chi connectivity index (χ0v) is 10.4. The fourth-order valence-corrected chi connectivity index (χ4v) is 4.17. The normalized spacial score (nSPS) is 46.9. The maximum atomic E-state index is 10.9. The van der Waals surface area contributed by atoms with Gasteiger partial charge < -0.3 is 9.84 Å². The van der Waals surface area contributed by atoms with Crippen LogP contribution in [0.25, 0.3) is 0 Å². The molecule has 1 saturated heterocycles. The number of hydrogen-bond acceptors (Lipinski definition) is 2. The molecule has 2 heteroatoms. The van der Waals surface area contributed by atoms with Crippen LogP contribution in [0.5, 0.6) is 0 Å². The van der Waals surface area contributed by atoms with Crippen LogP contribution in [0.4, 0.5) is 0 Å². The molecule has 3 unspecified atom stereocenters. The first-order chi connectivity index (χ1) is 7.65. The summed E-state index contributed by atoms with van der Waals surface area (Å²) in [6, 6.07) is 0. The smallest absolute Gasteiger partial charge is 0.0703 e. The predicted molar refractivity (Wildman–Crippen MR) is 63.2 cm³/mol. The molecule has 16 heavy (non-hydrogen) atoms. The summed E-state index contributed by atoms with van der Waals surface area (Å²) in [5.41, 5.74) is -0.187. The third kappa shape index (κ3) is 1.53. The largest absolute Gasteiger partial charge is 0.389 e. The molecule has 1 spiro atoms. The average Bonchev–Trinajstić information content (AvgIpc) is 2.59. The summed E-state index contributed by atoms with van der Waals surface area (Å²) in [6.45, 7) is 3.11. The van der Waals surface area contributed by atoms with Gasteiger partial charge in [-0.3, -0.25) is 0 Å². The van der Waals surface area contributed by atoms with E-state index in [-0.39, 0.29) is 11.2 Å². The fraction of sp³-hybridized carbons (Fsp3) is 1.00. The van der Waals surface area contributed by atoms with Crippen LogP contribution < -0.4 is 0 Å². The number of ether oxygens (including phenoxy) is 1. The molecule has 1 N–H and O–H groups in total. The Morgan fingerprint density at radius 3 is 2.50 bits per heavy atom. The van der Waals surface area contributed by atoms with Gasteiger partial charge in [-0.2, -0.15) is 0 Å². The van der Waals surface area contributed by atoms with Crippen molar-refractivity contribution in [1.82, 2.24) is 0 Å². The lowest BCUT2D eigenvalue weighted by molar-refractivity contribution is -0.181. The minimum absolute atomic E-state index is 0.182. The lowest BCUT2D eigenvalue weighted by Gasteiger charge is -2.51. The van der Waals surface area contributed by atoms with Gasteiger partial charge >= 0.3 is 0 Å². The zero-order chi connectivity index (χ0) is 11.2. The van der Waals surface area contributed by atoms with Gasteiger partial charge in [0.1, 0.15) is 0 Å². The molecule has 0 radical (unpaired) electrons. The van der Waals surface area contributed by atoms with Gasteiger partial charge in [-0.15, -0.1) is 0 Å². The maximum Gasteiger partial charge on any atom is 0.0703 e. The standard InChI is InChI=1S/C14H24O2/c1-11-4-2-8-14(11,15)12-5-9-16-13(10-12)6-3-7-13/h11-12,15H,2-10H2,1H3. The second kappa shape index (κ2) is 3.71. The van der Waals surface area contributed by atoms with Gasteiger partial charge in [-0.1, -0.05) is 13.3 Å². The molecule has 3 aliphatic rings. The van der Waals surface area contributed by atoms with E-state index in [1.54, 1.807) is 0 Å². The molecular weight excluding hydrogens is 200 g/mol. The Bertz CT molecular complexity index is 272. The molecule has 2 nitrogen and oxygen atoms in total. The van der Waals surface area contributed by atoms with Crippen LogP contribution in [0.1, 0.15) is 58.3 Å². The second-order valence-corrected chi connectivity index (χ2v) is 6.36. The molecule has 0 bridgehead atoms. The van der Waals surface area contributed by atoms with E-state index >= 15 is 0 Å². The highest BCUT2D eigenvalue weighted by molar-refractivity contribution is 5.02.